The summed E-state index contributed by atoms with van der Waals surface area (Å²) < 4.78 is 13.4. The Bertz CT molecular complexity index is 1230. The lowest BCUT2D eigenvalue weighted by molar-refractivity contribution is -0.120. The fourth-order valence-corrected chi connectivity index (χ4v) is 4.59. The van der Waals surface area contributed by atoms with Crippen molar-refractivity contribution >= 4 is 28.4 Å². The summed E-state index contributed by atoms with van der Waals surface area (Å²) in [6, 6.07) is 24.1. The number of benzene rings is 3. The topological polar surface area (TPSA) is 54.9 Å². The average molecular weight is 430 g/mol. The van der Waals surface area contributed by atoms with Crippen LogP contribution in [-0.4, -0.2) is 22.1 Å². The van der Waals surface area contributed by atoms with E-state index in [0.717, 1.165) is 34.7 Å². The lowest BCUT2D eigenvalue weighted by atomic mass is 10.1. The molecular formula is C25H20FN3OS. The molecule has 0 saturated heterocycles. The zero-order valence-electron chi connectivity index (χ0n) is 16.7. The number of amides is 1. The normalized spacial score (nSPS) is 14.4. The number of halogens is 1. The van der Waals surface area contributed by atoms with Gasteiger partial charge in [-0.2, -0.15) is 0 Å². The van der Waals surface area contributed by atoms with Crippen LogP contribution in [0, 0.1) is 5.82 Å². The first-order chi connectivity index (χ1) is 15.2. The molecule has 1 fully saturated rings. The Kier molecular flexibility index (Phi) is 5.38. The van der Waals surface area contributed by atoms with E-state index in [1.807, 2.05) is 54.6 Å². The van der Waals surface area contributed by atoms with Crippen LogP contribution in [0.3, 0.4) is 0 Å². The molecule has 1 saturated carbocycles. The van der Waals surface area contributed by atoms with Gasteiger partial charge in [0.25, 0.3) is 0 Å². The average Bonchev–Trinajstić information content (AvgIpc) is 3.62. The maximum Gasteiger partial charge on any atom is 0.238 e. The molecule has 1 amide bonds. The molecule has 0 spiro atoms. The summed E-state index contributed by atoms with van der Waals surface area (Å²) in [6.45, 7) is 0. The fraction of sp³-hybridized carbons (Fsp3) is 0.160. The molecular weight excluding hydrogens is 409 g/mol. The van der Waals surface area contributed by atoms with E-state index < -0.39 is 5.25 Å². The van der Waals surface area contributed by atoms with Crippen LogP contribution in [-0.2, 0) is 4.79 Å². The molecule has 0 radical (unpaired) electrons. The summed E-state index contributed by atoms with van der Waals surface area (Å²) >= 11 is 1.41. The van der Waals surface area contributed by atoms with Gasteiger partial charge in [-0.25, -0.2) is 4.39 Å². The molecule has 1 N–H and O–H groups in total. The van der Waals surface area contributed by atoms with E-state index in [9.17, 15) is 9.18 Å². The van der Waals surface area contributed by atoms with E-state index in [0.29, 0.717) is 10.7 Å². The van der Waals surface area contributed by atoms with Gasteiger partial charge in [0.2, 0.25) is 5.91 Å². The van der Waals surface area contributed by atoms with Gasteiger partial charge >= 0.3 is 0 Å². The Morgan fingerprint density at radius 3 is 2.29 bits per heavy atom. The number of nitrogens with zero attached hydrogens (tertiary/aromatic N) is 2. The minimum absolute atomic E-state index is 0.00723. The van der Waals surface area contributed by atoms with Gasteiger partial charge < -0.3 is 5.32 Å². The maximum atomic E-state index is 13.4. The van der Waals surface area contributed by atoms with Crippen molar-refractivity contribution in [2.45, 2.75) is 29.2 Å². The van der Waals surface area contributed by atoms with Gasteiger partial charge in [-0.1, -0.05) is 66.4 Å². The Labute approximate surface area is 183 Å². The molecule has 4 nitrogen and oxygen atoms in total. The second-order valence-corrected chi connectivity index (χ2v) is 8.69. The van der Waals surface area contributed by atoms with Crippen LogP contribution < -0.4 is 5.32 Å². The molecule has 1 aromatic heterocycles. The second-order valence-electron chi connectivity index (χ2n) is 7.60. The van der Waals surface area contributed by atoms with Crippen molar-refractivity contribution in [2.24, 2.45) is 0 Å². The third-order valence-electron chi connectivity index (χ3n) is 5.26. The Morgan fingerprint density at radius 1 is 0.903 bits per heavy atom. The minimum atomic E-state index is -0.420. The SMILES string of the molecule is O=C(NC1CC1)[C@@H](Sc1nnc(-c2ccc(F)cc2)c2ccccc12)c1ccccc1. The van der Waals surface area contributed by atoms with Crippen LogP contribution in [0.5, 0.6) is 0 Å². The van der Waals surface area contributed by atoms with Gasteiger partial charge in [0, 0.05) is 22.4 Å². The highest BCUT2D eigenvalue weighted by Gasteiger charge is 2.30. The summed E-state index contributed by atoms with van der Waals surface area (Å²) in [5.41, 5.74) is 2.42. The smallest absolute Gasteiger partial charge is 0.238 e. The molecule has 154 valence electrons. The molecule has 1 heterocycles. The number of hydrogen-bond acceptors (Lipinski definition) is 4. The quantitative estimate of drug-likeness (QED) is 0.409. The van der Waals surface area contributed by atoms with Crippen molar-refractivity contribution in [1.29, 1.82) is 0 Å². The summed E-state index contributed by atoms with van der Waals surface area (Å²) in [5, 5.41) is 14.2. The number of nitrogens with one attached hydrogen (secondary N) is 1. The molecule has 0 unspecified atom stereocenters. The second kappa shape index (κ2) is 8.47. The number of fused-ring (bicyclic) bond motifs is 1. The van der Waals surface area contributed by atoms with Crippen molar-refractivity contribution in [3.8, 4) is 11.3 Å². The molecule has 5 rings (SSSR count). The van der Waals surface area contributed by atoms with Crippen LogP contribution in [0.1, 0.15) is 23.7 Å². The Morgan fingerprint density at radius 2 is 1.58 bits per heavy atom. The van der Waals surface area contributed by atoms with Crippen molar-refractivity contribution in [3.63, 3.8) is 0 Å². The third-order valence-corrected chi connectivity index (χ3v) is 6.51. The zero-order valence-corrected chi connectivity index (χ0v) is 17.5. The first-order valence-corrected chi connectivity index (χ1v) is 11.1. The highest BCUT2D eigenvalue weighted by atomic mass is 32.2. The zero-order chi connectivity index (χ0) is 21.2. The summed E-state index contributed by atoms with van der Waals surface area (Å²) in [7, 11) is 0. The minimum Gasteiger partial charge on any atom is -0.352 e. The molecule has 1 aliphatic rings. The summed E-state index contributed by atoms with van der Waals surface area (Å²) in [4.78, 5) is 13.0. The van der Waals surface area contributed by atoms with E-state index in [-0.39, 0.29) is 17.8 Å². The number of thioether (sulfide) groups is 1. The van der Waals surface area contributed by atoms with Gasteiger partial charge in [0.1, 0.15) is 21.8 Å². The molecule has 4 aromatic rings. The van der Waals surface area contributed by atoms with E-state index in [1.165, 1.54) is 23.9 Å². The predicted molar refractivity (Wildman–Crippen MR) is 121 cm³/mol. The van der Waals surface area contributed by atoms with E-state index in [4.69, 9.17) is 0 Å². The molecule has 0 bridgehead atoms. The van der Waals surface area contributed by atoms with Crippen LogP contribution in [0.4, 0.5) is 4.39 Å². The van der Waals surface area contributed by atoms with Crippen molar-refractivity contribution in [1.82, 2.24) is 15.5 Å². The Balaban J connectivity index is 1.55. The Hall–Kier alpha value is -3.25. The molecule has 1 aliphatic carbocycles. The number of hydrogen-bond donors (Lipinski definition) is 1. The third kappa shape index (κ3) is 4.30. The first kappa shape index (κ1) is 19.7. The van der Waals surface area contributed by atoms with Gasteiger partial charge in [-0.05, 0) is 42.7 Å². The van der Waals surface area contributed by atoms with Crippen molar-refractivity contribution < 1.29 is 9.18 Å². The predicted octanol–water partition coefficient (Wildman–Crippen LogP) is 5.55. The number of carbonyl (C=O) groups excluding carboxylic acids is 1. The molecule has 3 aromatic carbocycles. The molecule has 0 aliphatic heterocycles. The van der Waals surface area contributed by atoms with Crippen LogP contribution in [0.2, 0.25) is 0 Å². The fourth-order valence-electron chi connectivity index (χ4n) is 3.50. The molecule has 31 heavy (non-hydrogen) atoms. The summed E-state index contributed by atoms with van der Waals surface area (Å²) in [6.07, 6.45) is 2.07. The van der Waals surface area contributed by atoms with Gasteiger partial charge in [-0.15, -0.1) is 10.2 Å². The van der Waals surface area contributed by atoms with Gasteiger partial charge in [0.15, 0.2) is 0 Å². The standard InChI is InChI=1S/C25H20FN3OS/c26-18-12-10-16(11-13-18)22-20-8-4-5-9-21(20)25(29-28-22)31-23(17-6-2-1-3-7-17)24(30)27-19-14-15-19/h1-13,19,23H,14-15H2,(H,27,30)/t23-/m0/s1. The van der Waals surface area contributed by atoms with E-state index in [1.54, 1.807) is 12.1 Å². The van der Waals surface area contributed by atoms with Crippen molar-refractivity contribution in [3.05, 3.63) is 90.2 Å². The molecule has 1 atom stereocenters. The van der Waals surface area contributed by atoms with Gasteiger partial charge in [-0.3, -0.25) is 4.79 Å². The lowest BCUT2D eigenvalue weighted by Crippen LogP contribution is -2.29. The summed E-state index contributed by atoms with van der Waals surface area (Å²) in [5.74, 6) is -0.298. The van der Waals surface area contributed by atoms with Crippen molar-refractivity contribution in [2.75, 3.05) is 0 Å². The van der Waals surface area contributed by atoms with E-state index >= 15 is 0 Å². The van der Waals surface area contributed by atoms with Crippen LogP contribution in [0.15, 0.2) is 83.9 Å². The number of rotatable bonds is 6. The maximum absolute atomic E-state index is 13.4. The lowest BCUT2D eigenvalue weighted by Gasteiger charge is -2.17. The highest BCUT2D eigenvalue weighted by molar-refractivity contribution is 8.00. The molecule has 6 heteroatoms. The van der Waals surface area contributed by atoms with E-state index in [2.05, 4.69) is 15.5 Å². The van der Waals surface area contributed by atoms with Gasteiger partial charge in [0.05, 0.1) is 0 Å². The number of carbonyl (C=O) groups is 1. The number of aromatic nitrogens is 2. The highest BCUT2D eigenvalue weighted by Crippen LogP contribution is 2.40. The monoisotopic (exact) mass is 429 g/mol. The largest absolute Gasteiger partial charge is 0.352 e. The first-order valence-electron chi connectivity index (χ1n) is 10.2. The van der Waals surface area contributed by atoms with Crippen LogP contribution >= 0.6 is 11.8 Å². The van der Waals surface area contributed by atoms with Crippen LogP contribution in [0.25, 0.3) is 22.0 Å².